The first kappa shape index (κ1) is 13.0. The predicted molar refractivity (Wildman–Crippen MR) is 73.4 cm³/mol. The van der Waals surface area contributed by atoms with Crippen molar-refractivity contribution in [2.24, 2.45) is 0 Å². The molecule has 1 heterocycles. The van der Waals surface area contributed by atoms with Gasteiger partial charge in [0.2, 0.25) is 0 Å². The number of nitrogens with two attached hydrogens (primary N) is 1. The number of carboxylic acids is 1. The number of hydrogen-bond donors (Lipinski definition) is 2. The van der Waals surface area contributed by atoms with Gasteiger partial charge in [0, 0.05) is 30.5 Å². The molecule has 19 heavy (non-hydrogen) atoms. The molecular weight excluding hydrogens is 244 g/mol. The number of nitrogens with zero attached hydrogens (tertiary/aromatic N) is 1. The van der Waals surface area contributed by atoms with Crippen molar-refractivity contribution in [2.75, 3.05) is 17.7 Å². The summed E-state index contributed by atoms with van der Waals surface area (Å²) >= 11 is 0. The summed E-state index contributed by atoms with van der Waals surface area (Å²) in [6, 6.07) is 6.89. The first-order valence-corrected chi connectivity index (χ1v) is 5.86. The van der Waals surface area contributed by atoms with E-state index in [0.29, 0.717) is 6.54 Å². The molecule has 100 valence electrons. The summed E-state index contributed by atoms with van der Waals surface area (Å²) in [4.78, 5) is 13.0. The van der Waals surface area contributed by atoms with E-state index >= 15 is 0 Å². The average Bonchev–Trinajstić information content (AvgIpc) is 2.75. The largest absolute Gasteiger partial charge is 0.478 e. The van der Waals surface area contributed by atoms with Gasteiger partial charge in [-0.25, -0.2) is 4.79 Å². The predicted octanol–water partition coefficient (Wildman–Crippen LogP) is 2.50. The first-order valence-electron chi connectivity index (χ1n) is 5.86. The number of rotatable bonds is 4. The van der Waals surface area contributed by atoms with E-state index in [1.165, 1.54) is 0 Å². The lowest BCUT2D eigenvalue weighted by atomic mass is 10.1. The van der Waals surface area contributed by atoms with E-state index in [4.69, 9.17) is 15.3 Å². The molecule has 0 saturated carbocycles. The molecule has 3 N–H and O–H groups in total. The van der Waals surface area contributed by atoms with Crippen LogP contribution in [0.5, 0.6) is 0 Å². The minimum atomic E-state index is -1.02. The smallest absolute Gasteiger partial charge is 0.337 e. The Labute approximate surface area is 111 Å². The fraction of sp³-hybridized carbons (Fsp3) is 0.214. The zero-order chi connectivity index (χ0) is 14.0. The molecule has 0 spiro atoms. The first-order chi connectivity index (χ1) is 8.99. The van der Waals surface area contributed by atoms with E-state index in [0.717, 1.165) is 17.0 Å². The molecule has 5 nitrogen and oxygen atoms in total. The molecule has 0 saturated heterocycles. The summed E-state index contributed by atoms with van der Waals surface area (Å²) in [5.74, 6) is -0.159. The molecule has 0 amide bonds. The Balaban J connectivity index is 2.24. The lowest BCUT2D eigenvalue weighted by Crippen LogP contribution is -2.17. The summed E-state index contributed by atoms with van der Waals surface area (Å²) in [6.45, 7) is 2.54. The number of anilines is 2. The Morgan fingerprint density at radius 2 is 2.16 bits per heavy atom. The Kier molecular flexibility index (Phi) is 3.46. The van der Waals surface area contributed by atoms with Crippen LogP contribution in [0.25, 0.3) is 0 Å². The van der Waals surface area contributed by atoms with Crippen LogP contribution in [0.15, 0.2) is 34.9 Å². The van der Waals surface area contributed by atoms with Crippen molar-refractivity contribution in [2.45, 2.75) is 13.5 Å². The van der Waals surface area contributed by atoms with Gasteiger partial charge in [0.1, 0.15) is 5.76 Å². The lowest BCUT2D eigenvalue weighted by molar-refractivity contribution is 0.0698. The molecular formula is C14H16N2O3. The van der Waals surface area contributed by atoms with Gasteiger partial charge in [-0.05, 0) is 31.2 Å². The Morgan fingerprint density at radius 1 is 1.42 bits per heavy atom. The van der Waals surface area contributed by atoms with Gasteiger partial charge >= 0.3 is 5.97 Å². The van der Waals surface area contributed by atoms with Crippen molar-refractivity contribution in [3.8, 4) is 0 Å². The van der Waals surface area contributed by atoms with E-state index in [2.05, 4.69) is 0 Å². The number of furan rings is 1. The summed E-state index contributed by atoms with van der Waals surface area (Å²) in [6.07, 6.45) is 1.64. The molecule has 1 aromatic carbocycles. The van der Waals surface area contributed by atoms with E-state index in [-0.39, 0.29) is 11.3 Å². The molecule has 0 atom stereocenters. The molecule has 0 radical (unpaired) electrons. The van der Waals surface area contributed by atoms with Crippen molar-refractivity contribution >= 4 is 17.3 Å². The van der Waals surface area contributed by atoms with Crippen molar-refractivity contribution in [3.63, 3.8) is 0 Å². The third-order valence-electron chi connectivity index (χ3n) is 3.08. The summed E-state index contributed by atoms with van der Waals surface area (Å²) in [5, 5.41) is 9.06. The van der Waals surface area contributed by atoms with Crippen LogP contribution in [0.2, 0.25) is 0 Å². The maximum Gasteiger partial charge on any atom is 0.337 e. The van der Waals surface area contributed by atoms with Crippen LogP contribution in [-0.4, -0.2) is 18.1 Å². The molecule has 0 fully saturated rings. The monoisotopic (exact) mass is 260 g/mol. The molecule has 2 rings (SSSR count). The van der Waals surface area contributed by atoms with E-state index in [1.54, 1.807) is 24.5 Å². The van der Waals surface area contributed by atoms with E-state index in [9.17, 15) is 4.79 Å². The Bertz CT molecular complexity index is 604. The maximum atomic E-state index is 11.1. The lowest BCUT2D eigenvalue weighted by Gasteiger charge is -2.19. The SMILES string of the molecule is Cc1occc1CN(C)c1ccc(N)c(C(=O)O)c1. The van der Waals surface area contributed by atoms with Crippen molar-refractivity contribution < 1.29 is 14.3 Å². The maximum absolute atomic E-state index is 11.1. The van der Waals surface area contributed by atoms with Crippen molar-refractivity contribution in [1.82, 2.24) is 0 Å². The van der Waals surface area contributed by atoms with Gasteiger partial charge in [0.05, 0.1) is 11.8 Å². The molecule has 0 aliphatic heterocycles. The fourth-order valence-corrected chi connectivity index (χ4v) is 1.89. The number of carbonyl (C=O) groups is 1. The topological polar surface area (TPSA) is 79.7 Å². The highest BCUT2D eigenvalue weighted by molar-refractivity contribution is 5.94. The van der Waals surface area contributed by atoms with Crippen LogP contribution >= 0.6 is 0 Å². The van der Waals surface area contributed by atoms with Crippen LogP contribution in [0, 0.1) is 6.92 Å². The summed E-state index contributed by atoms with van der Waals surface area (Å²) in [5.41, 5.74) is 7.89. The van der Waals surface area contributed by atoms with Gasteiger partial charge in [-0.2, -0.15) is 0 Å². The quantitative estimate of drug-likeness (QED) is 0.826. The Hall–Kier alpha value is -2.43. The highest BCUT2D eigenvalue weighted by Gasteiger charge is 2.12. The number of nitrogen functional groups attached to an aromatic ring is 1. The minimum Gasteiger partial charge on any atom is -0.478 e. The molecule has 5 heteroatoms. The minimum absolute atomic E-state index is 0.119. The summed E-state index contributed by atoms with van der Waals surface area (Å²) < 4.78 is 5.24. The zero-order valence-electron chi connectivity index (χ0n) is 10.9. The van der Waals surface area contributed by atoms with E-state index < -0.39 is 5.97 Å². The molecule has 2 aromatic rings. The molecule has 0 bridgehead atoms. The highest BCUT2D eigenvalue weighted by atomic mass is 16.4. The second-order valence-corrected chi connectivity index (χ2v) is 4.43. The van der Waals surface area contributed by atoms with Crippen LogP contribution in [0.3, 0.4) is 0 Å². The molecule has 1 aromatic heterocycles. The van der Waals surface area contributed by atoms with Gasteiger partial charge in [-0.3, -0.25) is 0 Å². The normalized spacial score (nSPS) is 10.4. The average molecular weight is 260 g/mol. The van der Waals surface area contributed by atoms with Crippen molar-refractivity contribution in [3.05, 3.63) is 47.4 Å². The van der Waals surface area contributed by atoms with Gasteiger partial charge in [-0.1, -0.05) is 0 Å². The molecule has 0 aliphatic carbocycles. The second kappa shape index (κ2) is 5.06. The van der Waals surface area contributed by atoms with Crippen LogP contribution in [-0.2, 0) is 6.54 Å². The molecule has 0 unspecified atom stereocenters. The highest BCUT2D eigenvalue weighted by Crippen LogP contribution is 2.22. The number of hydrogen-bond acceptors (Lipinski definition) is 4. The van der Waals surface area contributed by atoms with E-state index in [1.807, 2.05) is 24.9 Å². The Morgan fingerprint density at radius 3 is 2.74 bits per heavy atom. The van der Waals surface area contributed by atoms with Crippen LogP contribution in [0.1, 0.15) is 21.7 Å². The second-order valence-electron chi connectivity index (χ2n) is 4.43. The standard InChI is InChI=1S/C14H16N2O3/c1-9-10(5-6-19-9)8-16(2)11-3-4-13(15)12(7-11)14(17)18/h3-7H,8,15H2,1-2H3,(H,17,18). The number of benzene rings is 1. The zero-order valence-corrected chi connectivity index (χ0v) is 10.9. The number of carboxylic acid groups (broad SMARTS) is 1. The summed E-state index contributed by atoms with van der Waals surface area (Å²) in [7, 11) is 1.89. The van der Waals surface area contributed by atoms with Gasteiger partial charge in [0.25, 0.3) is 0 Å². The third kappa shape index (κ3) is 2.70. The van der Waals surface area contributed by atoms with Gasteiger partial charge < -0.3 is 20.2 Å². The number of aryl methyl sites for hydroxylation is 1. The molecule has 0 aliphatic rings. The number of aromatic carboxylic acids is 1. The third-order valence-corrected chi connectivity index (χ3v) is 3.08. The fourth-order valence-electron chi connectivity index (χ4n) is 1.89. The van der Waals surface area contributed by atoms with Gasteiger partial charge in [0.15, 0.2) is 0 Å². The van der Waals surface area contributed by atoms with Crippen LogP contribution < -0.4 is 10.6 Å². The van der Waals surface area contributed by atoms with Crippen molar-refractivity contribution in [1.29, 1.82) is 0 Å². The van der Waals surface area contributed by atoms with Gasteiger partial charge in [-0.15, -0.1) is 0 Å². The van der Waals surface area contributed by atoms with Crippen LogP contribution in [0.4, 0.5) is 11.4 Å².